The number of piperidine rings is 1. The summed E-state index contributed by atoms with van der Waals surface area (Å²) in [6, 6.07) is 7.27. The van der Waals surface area contributed by atoms with Crippen LogP contribution < -0.4 is 5.73 Å². The SMILES string of the molecule is CC(C)CN1CC[C@@]2(C)c3cc(N)ccc3C[C@@H]1[C@H]2C. The van der Waals surface area contributed by atoms with Crippen molar-refractivity contribution in [1.29, 1.82) is 0 Å². The molecule has 1 fully saturated rings. The Kier molecular flexibility index (Phi) is 3.32. The minimum Gasteiger partial charge on any atom is -0.399 e. The van der Waals surface area contributed by atoms with Crippen molar-refractivity contribution >= 4 is 5.69 Å². The van der Waals surface area contributed by atoms with Gasteiger partial charge in [0.25, 0.3) is 0 Å². The number of likely N-dealkylation sites (tertiary alicyclic amines) is 1. The molecule has 2 nitrogen and oxygen atoms in total. The maximum atomic E-state index is 6.04. The van der Waals surface area contributed by atoms with Crippen molar-refractivity contribution < 1.29 is 0 Å². The molecule has 0 unspecified atom stereocenters. The lowest BCUT2D eigenvalue weighted by molar-refractivity contribution is 0.0242. The van der Waals surface area contributed by atoms with Crippen molar-refractivity contribution in [2.24, 2.45) is 11.8 Å². The lowest BCUT2D eigenvalue weighted by Gasteiger charge is -2.55. The third kappa shape index (κ3) is 2.05. The number of fused-ring (bicyclic) bond motifs is 4. The van der Waals surface area contributed by atoms with Crippen molar-refractivity contribution in [2.45, 2.75) is 52.0 Å². The van der Waals surface area contributed by atoms with Gasteiger partial charge in [0.1, 0.15) is 0 Å². The molecule has 2 N–H and O–H groups in total. The number of anilines is 1. The van der Waals surface area contributed by atoms with Gasteiger partial charge >= 0.3 is 0 Å². The smallest absolute Gasteiger partial charge is 0.0317 e. The summed E-state index contributed by atoms with van der Waals surface area (Å²) in [7, 11) is 0. The molecule has 110 valence electrons. The zero-order valence-electron chi connectivity index (χ0n) is 13.3. The first kappa shape index (κ1) is 13.9. The molecular formula is C18H28N2. The van der Waals surface area contributed by atoms with E-state index >= 15 is 0 Å². The molecule has 2 aliphatic rings. The highest BCUT2D eigenvalue weighted by molar-refractivity contribution is 5.50. The molecule has 1 aliphatic carbocycles. The van der Waals surface area contributed by atoms with Crippen LogP contribution in [0, 0.1) is 11.8 Å². The Bertz CT molecular complexity index is 508. The maximum Gasteiger partial charge on any atom is 0.0317 e. The molecule has 1 aromatic rings. The van der Waals surface area contributed by atoms with E-state index in [1.807, 2.05) is 0 Å². The summed E-state index contributed by atoms with van der Waals surface area (Å²) in [5.41, 5.74) is 10.3. The van der Waals surface area contributed by atoms with E-state index in [2.05, 4.69) is 50.8 Å². The average molecular weight is 272 g/mol. The molecule has 0 aromatic heterocycles. The molecule has 3 rings (SSSR count). The van der Waals surface area contributed by atoms with Gasteiger partial charge in [-0.25, -0.2) is 0 Å². The van der Waals surface area contributed by atoms with Gasteiger partial charge in [0.2, 0.25) is 0 Å². The molecular weight excluding hydrogens is 244 g/mol. The standard InChI is InChI=1S/C18H28N2/c1-12(2)11-20-8-7-18(4)13(3)17(20)9-14-5-6-15(19)10-16(14)18/h5-6,10,12-13,17H,7-9,11,19H2,1-4H3/t13-,17-,18-/m1/s1. The monoisotopic (exact) mass is 272 g/mol. The van der Waals surface area contributed by atoms with E-state index in [0.717, 1.165) is 11.6 Å². The number of rotatable bonds is 2. The van der Waals surface area contributed by atoms with Gasteiger partial charge in [0.05, 0.1) is 0 Å². The summed E-state index contributed by atoms with van der Waals surface area (Å²) in [6.45, 7) is 12.0. The maximum absolute atomic E-state index is 6.04. The quantitative estimate of drug-likeness (QED) is 0.836. The number of nitrogen functional groups attached to an aromatic ring is 1. The van der Waals surface area contributed by atoms with Gasteiger partial charge in [-0.05, 0) is 59.9 Å². The lowest BCUT2D eigenvalue weighted by atomic mass is 9.59. The van der Waals surface area contributed by atoms with E-state index in [9.17, 15) is 0 Å². The summed E-state index contributed by atoms with van der Waals surface area (Å²) in [4.78, 5) is 2.73. The predicted molar refractivity (Wildman–Crippen MR) is 85.9 cm³/mol. The van der Waals surface area contributed by atoms with Gasteiger partial charge < -0.3 is 5.73 Å². The Balaban J connectivity index is 1.99. The van der Waals surface area contributed by atoms with Crippen LogP contribution in [0.5, 0.6) is 0 Å². The summed E-state index contributed by atoms with van der Waals surface area (Å²) in [5, 5.41) is 0. The van der Waals surface area contributed by atoms with E-state index in [0.29, 0.717) is 17.4 Å². The minimum absolute atomic E-state index is 0.307. The van der Waals surface area contributed by atoms with Crippen molar-refractivity contribution in [3.05, 3.63) is 29.3 Å². The van der Waals surface area contributed by atoms with Crippen molar-refractivity contribution in [3.63, 3.8) is 0 Å². The molecule has 2 heteroatoms. The van der Waals surface area contributed by atoms with Crippen LogP contribution in [0.15, 0.2) is 18.2 Å². The van der Waals surface area contributed by atoms with Crippen molar-refractivity contribution in [2.75, 3.05) is 18.8 Å². The third-order valence-corrected chi connectivity index (χ3v) is 5.75. The second-order valence-electron chi connectivity index (χ2n) is 7.53. The van der Waals surface area contributed by atoms with Gasteiger partial charge in [0.15, 0.2) is 0 Å². The second kappa shape index (κ2) is 4.77. The summed E-state index contributed by atoms with van der Waals surface area (Å²) >= 11 is 0. The van der Waals surface area contributed by atoms with Crippen LogP contribution in [0.4, 0.5) is 5.69 Å². The number of hydrogen-bond donors (Lipinski definition) is 1. The first-order valence-electron chi connectivity index (χ1n) is 8.05. The van der Waals surface area contributed by atoms with E-state index in [1.165, 1.54) is 37.1 Å². The Morgan fingerprint density at radius 3 is 2.85 bits per heavy atom. The highest BCUT2D eigenvalue weighted by atomic mass is 15.2. The molecule has 1 aromatic carbocycles. The van der Waals surface area contributed by atoms with E-state index in [-0.39, 0.29) is 0 Å². The molecule has 2 bridgehead atoms. The summed E-state index contributed by atoms with van der Waals surface area (Å²) in [5.74, 6) is 1.46. The van der Waals surface area contributed by atoms with E-state index in [1.54, 1.807) is 0 Å². The topological polar surface area (TPSA) is 29.3 Å². The number of nitrogens with zero attached hydrogens (tertiary/aromatic N) is 1. The van der Waals surface area contributed by atoms with Gasteiger partial charge in [-0.1, -0.05) is 33.8 Å². The van der Waals surface area contributed by atoms with Crippen LogP contribution in [0.1, 0.15) is 45.2 Å². The molecule has 0 radical (unpaired) electrons. The zero-order valence-corrected chi connectivity index (χ0v) is 13.3. The lowest BCUT2D eigenvalue weighted by Crippen LogP contribution is -2.58. The Labute approximate surface area is 123 Å². The number of hydrogen-bond acceptors (Lipinski definition) is 2. The Hall–Kier alpha value is -1.02. The van der Waals surface area contributed by atoms with Gasteiger partial charge in [0, 0.05) is 18.3 Å². The van der Waals surface area contributed by atoms with Crippen LogP contribution in [0.3, 0.4) is 0 Å². The molecule has 1 aliphatic heterocycles. The third-order valence-electron chi connectivity index (χ3n) is 5.75. The fourth-order valence-electron chi connectivity index (χ4n) is 4.42. The fraction of sp³-hybridized carbons (Fsp3) is 0.667. The van der Waals surface area contributed by atoms with Crippen molar-refractivity contribution in [1.82, 2.24) is 4.90 Å². The molecule has 0 spiro atoms. The highest BCUT2D eigenvalue weighted by Gasteiger charge is 2.48. The zero-order chi connectivity index (χ0) is 14.5. The molecule has 1 heterocycles. The van der Waals surface area contributed by atoms with E-state index in [4.69, 9.17) is 5.73 Å². The van der Waals surface area contributed by atoms with Crippen LogP contribution in [-0.2, 0) is 11.8 Å². The van der Waals surface area contributed by atoms with Crippen LogP contribution >= 0.6 is 0 Å². The summed E-state index contributed by atoms with van der Waals surface area (Å²) < 4.78 is 0. The minimum atomic E-state index is 0.307. The Morgan fingerprint density at radius 2 is 2.15 bits per heavy atom. The summed E-state index contributed by atoms with van der Waals surface area (Å²) in [6.07, 6.45) is 2.45. The normalized spacial score (nSPS) is 33.2. The van der Waals surface area contributed by atoms with E-state index < -0.39 is 0 Å². The van der Waals surface area contributed by atoms with Gasteiger partial charge in [-0.3, -0.25) is 4.90 Å². The molecule has 0 saturated carbocycles. The fourth-order valence-corrected chi connectivity index (χ4v) is 4.42. The number of benzene rings is 1. The highest BCUT2D eigenvalue weighted by Crippen LogP contribution is 2.49. The predicted octanol–water partition coefficient (Wildman–Crippen LogP) is 3.45. The average Bonchev–Trinajstić information content (AvgIpc) is 2.38. The first-order valence-corrected chi connectivity index (χ1v) is 8.05. The number of nitrogens with two attached hydrogens (primary N) is 1. The largest absolute Gasteiger partial charge is 0.399 e. The molecule has 20 heavy (non-hydrogen) atoms. The van der Waals surface area contributed by atoms with Crippen LogP contribution in [-0.4, -0.2) is 24.0 Å². The Morgan fingerprint density at radius 1 is 1.40 bits per heavy atom. The molecule has 0 amide bonds. The second-order valence-corrected chi connectivity index (χ2v) is 7.53. The van der Waals surface area contributed by atoms with Gasteiger partial charge in [-0.15, -0.1) is 0 Å². The van der Waals surface area contributed by atoms with Gasteiger partial charge in [-0.2, -0.15) is 0 Å². The first-order chi connectivity index (χ1) is 9.41. The molecule has 1 saturated heterocycles. The van der Waals surface area contributed by atoms with Crippen LogP contribution in [0.2, 0.25) is 0 Å². The van der Waals surface area contributed by atoms with Crippen LogP contribution in [0.25, 0.3) is 0 Å². The van der Waals surface area contributed by atoms with Crippen molar-refractivity contribution in [3.8, 4) is 0 Å². The molecule has 3 atom stereocenters.